The van der Waals surface area contributed by atoms with Crippen LogP contribution in [0, 0.1) is 5.82 Å². The van der Waals surface area contributed by atoms with E-state index in [-0.39, 0.29) is 24.8 Å². The molecular weight excluding hydrogens is 602 g/mol. The second-order valence-electron chi connectivity index (χ2n) is 11.6. The normalized spacial score (nSPS) is 16.1. The number of oxazole rings is 1. The van der Waals surface area contributed by atoms with Crippen LogP contribution in [-0.4, -0.2) is 65.8 Å². The van der Waals surface area contributed by atoms with E-state index in [2.05, 4.69) is 9.97 Å². The van der Waals surface area contributed by atoms with Crippen LogP contribution in [0.15, 0.2) is 77.3 Å². The molecule has 0 spiro atoms. The molecule has 0 unspecified atom stereocenters. The molecular formula is C34H33F4N5O3. The van der Waals surface area contributed by atoms with Gasteiger partial charge in [0.25, 0.3) is 6.01 Å². The third-order valence-electron chi connectivity index (χ3n) is 8.62. The minimum atomic E-state index is -4.86. The van der Waals surface area contributed by atoms with Crippen LogP contribution in [0.3, 0.4) is 0 Å². The van der Waals surface area contributed by atoms with Crippen LogP contribution in [0.4, 0.5) is 29.3 Å². The Kier molecular flexibility index (Phi) is 9.05. The molecule has 2 fully saturated rings. The molecule has 2 aliphatic rings. The van der Waals surface area contributed by atoms with Crippen LogP contribution in [0.25, 0.3) is 0 Å². The summed E-state index contributed by atoms with van der Waals surface area (Å²) in [6, 6.07) is 19.3. The number of Topliss-reactive ketones (excluding diaryl/α,β-unsaturated/α-hetero) is 1. The number of hydrogen-bond donors (Lipinski definition) is 0. The first-order valence-electron chi connectivity index (χ1n) is 15.3. The summed E-state index contributed by atoms with van der Waals surface area (Å²) >= 11 is 0. The Balaban J connectivity index is 1.06. The van der Waals surface area contributed by atoms with Crippen molar-refractivity contribution in [2.24, 2.45) is 0 Å². The third-order valence-corrected chi connectivity index (χ3v) is 8.62. The van der Waals surface area contributed by atoms with Crippen molar-refractivity contribution in [3.05, 3.63) is 107 Å². The fourth-order valence-corrected chi connectivity index (χ4v) is 6.04. The second-order valence-corrected chi connectivity index (χ2v) is 11.6. The van der Waals surface area contributed by atoms with Crippen molar-refractivity contribution in [2.45, 2.75) is 37.8 Å². The van der Waals surface area contributed by atoms with Crippen LogP contribution in [-0.2, 0) is 23.8 Å². The molecule has 0 aliphatic carbocycles. The lowest BCUT2D eigenvalue weighted by atomic mass is 9.90. The number of nitrogens with zero attached hydrogens (tertiary/aromatic N) is 5. The zero-order valence-electron chi connectivity index (χ0n) is 25.0. The average Bonchev–Trinajstić information content (AvgIpc) is 3.54. The van der Waals surface area contributed by atoms with E-state index in [4.69, 9.17) is 4.42 Å². The molecule has 0 radical (unpaired) electrons. The maximum absolute atomic E-state index is 14.0. The van der Waals surface area contributed by atoms with E-state index in [1.165, 1.54) is 11.6 Å². The number of carbonyl (C=O) groups excluding carboxylic acids is 2. The number of anilines is 2. The highest BCUT2D eigenvalue weighted by molar-refractivity contribution is 5.96. The van der Waals surface area contributed by atoms with E-state index in [0.29, 0.717) is 56.4 Å². The molecule has 4 heterocycles. The maximum atomic E-state index is 14.0. The summed E-state index contributed by atoms with van der Waals surface area (Å²) in [5.74, 6) is -1.93. The summed E-state index contributed by atoms with van der Waals surface area (Å²) in [6.45, 7) is 2.88. The van der Waals surface area contributed by atoms with Gasteiger partial charge in [-0.05, 0) is 48.1 Å². The Hall–Kier alpha value is -4.74. The number of amides is 1. The summed E-state index contributed by atoms with van der Waals surface area (Å²) in [4.78, 5) is 39.2. The van der Waals surface area contributed by atoms with Gasteiger partial charge in [0.15, 0.2) is 5.69 Å². The van der Waals surface area contributed by atoms with E-state index < -0.39 is 29.2 Å². The van der Waals surface area contributed by atoms with E-state index >= 15 is 0 Å². The predicted molar refractivity (Wildman–Crippen MR) is 163 cm³/mol. The van der Waals surface area contributed by atoms with Gasteiger partial charge in [-0.2, -0.15) is 18.2 Å². The van der Waals surface area contributed by atoms with Gasteiger partial charge >= 0.3 is 6.18 Å². The quantitative estimate of drug-likeness (QED) is 0.175. The van der Waals surface area contributed by atoms with Crippen molar-refractivity contribution in [2.75, 3.05) is 49.1 Å². The number of aromatic nitrogens is 2. The van der Waals surface area contributed by atoms with Crippen molar-refractivity contribution < 1.29 is 31.6 Å². The minimum absolute atomic E-state index is 0.00749. The number of hydrogen-bond acceptors (Lipinski definition) is 7. The van der Waals surface area contributed by atoms with Gasteiger partial charge in [0.1, 0.15) is 5.82 Å². The van der Waals surface area contributed by atoms with Crippen LogP contribution in [0.2, 0.25) is 0 Å². The number of ketones is 1. The molecule has 0 saturated carbocycles. The second kappa shape index (κ2) is 13.3. The first-order chi connectivity index (χ1) is 22.2. The first kappa shape index (κ1) is 31.3. The lowest BCUT2D eigenvalue weighted by molar-refractivity contribution is -0.141. The first-order valence-corrected chi connectivity index (χ1v) is 15.3. The molecule has 0 atom stereocenters. The van der Waals surface area contributed by atoms with Crippen LogP contribution in [0.1, 0.15) is 51.8 Å². The lowest BCUT2D eigenvalue weighted by Gasteiger charge is -2.36. The summed E-state index contributed by atoms with van der Waals surface area (Å²) in [5, 5.41) is 0. The molecule has 8 nitrogen and oxygen atoms in total. The highest BCUT2D eigenvalue weighted by Gasteiger charge is 2.42. The molecule has 1 amide bonds. The Morgan fingerprint density at radius 2 is 1.52 bits per heavy atom. The van der Waals surface area contributed by atoms with Crippen LogP contribution in [0.5, 0.6) is 0 Å². The van der Waals surface area contributed by atoms with Gasteiger partial charge in [-0.1, -0.05) is 48.5 Å². The molecule has 2 aromatic carbocycles. The van der Waals surface area contributed by atoms with Gasteiger partial charge in [0, 0.05) is 45.0 Å². The van der Waals surface area contributed by atoms with Gasteiger partial charge in [0.2, 0.25) is 17.5 Å². The number of piperidine rings is 1. The van der Waals surface area contributed by atoms with Crippen LogP contribution < -0.4 is 9.80 Å². The van der Waals surface area contributed by atoms with E-state index in [1.54, 1.807) is 46.3 Å². The predicted octanol–water partition coefficient (Wildman–Crippen LogP) is 5.93. The average molecular weight is 636 g/mol. The van der Waals surface area contributed by atoms with Crippen molar-refractivity contribution in [1.29, 1.82) is 0 Å². The number of carbonyl (C=O) groups is 2. The fourth-order valence-electron chi connectivity index (χ4n) is 6.04. The monoisotopic (exact) mass is 635 g/mol. The van der Waals surface area contributed by atoms with Crippen molar-refractivity contribution in [1.82, 2.24) is 14.9 Å². The summed E-state index contributed by atoms with van der Waals surface area (Å²) in [6.07, 6.45) is -2.23. The van der Waals surface area contributed by atoms with Gasteiger partial charge in [0.05, 0.1) is 24.7 Å². The number of alkyl halides is 3. The number of pyridine rings is 1. The van der Waals surface area contributed by atoms with Gasteiger partial charge < -0.3 is 19.1 Å². The summed E-state index contributed by atoms with van der Waals surface area (Å²) in [7, 11) is 0. The molecule has 0 bridgehead atoms. The molecule has 240 valence electrons. The lowest BCUT2D eigenvalue weighted by Crippen LogP contribution is -2.49. The fraction of sp³-hybridized carbons (Fsp3) is 0.353. The molecule has 46 heavy (non-hydrogen) atoms. The zero-order valence-corrected chi connectivity index (χ0v) is 25.0. The van der Waals surface area contributed by atoms with Crippen molar-refractivity contribution in [3.8, 4) is 0 Å². The minimum Gasteiger partial charge on any atom is -0.420 e. The number of rotatable bonds is 8. The standard InChI is InChI=1S/C34H33F4N5O3/c35-28-9-5-4-8-25(28)20-30(45)42-18-16-41(17-19-42)27-11-10-26(39-22-27)21-29(44)31-32(34(36,37)38)40-33(46-31)43-14-12-24(13-15-43)23-6-2-1-3-7-23/h1-11,22,24H,12-21H2. The van der Waals surface area contributed by atoms with Gasteiger partial charge in [-0.25, -0.2) is 4.39 Å². The Morgan fingerprint density at radius 1 is 0.826 bits per heavy atom. The highest BCUT2D eigenvalue weighted by Crippen LogP contribution is 2.36. The van der Waals surface area contributed by atoms with E-state index in [9.17, 15) is 27.2 Å². The molecule has 2 saturated heterocycles. The smallest absolute Gasteiger partial charge is 0.420 e. The Labute approximate surface area is 263 Å². The maximum Gasteiger partial charge on any atom is 0.437 e. The largest absolute Gasteiger partial charge is 0.437 e. The van der Waals surface area contributed by atoms with Gasteiger partial charge in [-0.3, -0.25) is 14.6 Å². The third kappa shape index (κ3) is 7.05. The topological polar surface area (TPSA) is 82.8 Å². The van der Waals surface area contributed by atoms with E-state index in [1.807, 2.05) is 35.2 Å². The zero-order chi connectivity index (χ0) is 32.3. The number of benzene rings is 2. The number of halogens is 4. The Morgan fingerprint density at radius 3 is 2.17 bits per heavy atom. The Bertz CT molecular complexity index is 1660. The molecule has 12 heteroatoms. The van der Waals surface area contributed by atoms with Crippen LogP contribution >= 0.6 is 0 Å². The molecule has 2 aliphatic heterocycles. The summed E-state index contributed by atoms with van der Waals surface area (Å²) in [5.41, 5.74) is 1.28. The molecule has 4 aromatic rings. The molecule has 0 N–H and O–H groups in total. The SMILES string of the molecule is O=C(Cc1ccc(N2CCN(C(=O)Cc3ccccc3F)CC2)cn1)c1oc(N2CCC(c3ccccc3)CC2)nc1C(F)(F)F. The van der Waals surface area contributed by atoms with Crippen molar-refractivity contribution in [3.63, 3.8) is 0 Å². The number of piperazine rings is 1. The highest BCUT2D eigenvalue weighted by atomic mass is 19.4. The molecule has 2 aromatic heterocycles. The van der Waals surface area contributed by atoms with E-state index in [0.717, 1.165) is 18.5 Å². The van der Waals surface area contributed by atoms with Gasteiger partial charge in [-0.15, -0.1) is 0 Å². The van der Waals surface area contributed by atoms with Crippen molar-refractivity contribution >= 4 is 23.4 Å². The summed E-state index contributed by atoms with van der Waals surface area (Å²) < 4.78 is 61.2. The molecule has 6 rings (SSSR count).